The van der Waals surface area contributed by atoms with Crippen LogP contribution in [0.4, 0.5) is 0 Å². The largest absolute Gasteiger partial charge is 0.640 e. The van der Waals surface area contributed by atoms with Gasteiger partial charge in [0.2, 0.25) is 0 Å². The van der Waals surface area contributed by atoms with Gasteiger partial charge < -0.3 is 5.21 Å². The smallest absolute Gasteiger partial charge is 0.125 e. The molecule has 2 nitrogen and oxygen atoms in total. The molecule has 2 heteroatoms. The molecule has 0 spiro atoms. The lowest BCUT2D eigenvalue weighted by molar-refractivity contribution is -0.616. The van der Waals surface area contributed by atoms with Gasteiger partial charge in [-0.3, -0.25) is 4.73 Å². The zero-order chi connectivity index (χ0) is 5.98. The third-order valence-electron chi connectivity index (χ3n) is 0.946. The molecular weight excluding hydrogens is 102 g/mol. The van der Waals surface area contributed by atoms with Gasteiger partial charge in [0, 0.05) is 0 Å². The number of aryl methyl sites for hydroxylation is 1. The molecule has 0 aliphatic rings. The summed E-state index contributed by atoms with van der Waals surface area (Å²) in [7, 11) is 0. The highest BCUT2D eigenvalue weighted by atomic mass is 16.5. The minimum absolute atomic E-state index is 0.674. The van der Waals surface area contributed by atoms with Gasteiger partial charge in [-0.05, 0) is 6.92 Å². The lowest BCUT2D eigenvalue weighted by atomic mass is 10.4. The van der Waals surface area contributed by atoms with E-state index in [-0.39, 0.29) is 0 Å². The van der Waals surface area contributed by atoms with Crippen molar-refractivity contribution in [3.8, 4) is 0 Å². The Balaban J connectivity index is 3.13. The first kappa shape index (κ1) is 5.09. The van der Waals surface area contributed by atoms with Crippen LogP contribution < -0.4 is 4.73 Å². The first-order valence-corrected chi connectivity index (χ1v) is 2.37. The minimum Gasteiger partial charge on any atom is -0.640 e. The maximum atomic E-state index is 10.5. The maximum Gasteiger partial charge on any atom is 0.125 e. The van der Waals surface area contributed by atoms with E-state index in [0.29, 0.717) is 10.4 Å². The molecule has 1 heterocycles. The molecule has 1 rings (SSSR count). The van der Waals surface area contributed by atoms with Gasteiger partial charge in [-0.25, -0.2) is 0 Å². The number of nitrogens with zero attached hydrogens (tertiary/aromatic N) is 1. The Hall–Kier alpha value is -1.05. The highest BCUT2D eigenvalue weighted by molar-refractivity contribution is 4.93. The van der Waals surface area contributed by atoms with Gasteiger partial charge in [-0.15, -0.1) is 12.1 Å². The second kappa shape index (κ2) is 1.82. The Morgan fingerprint density at radius 3 is 2.88 bits per heavy atom. The van der Waals surface area contributed by atoms with Crippen LogP contribution in [0.1, 0.15) is 5.69 Å². The molecule has 0 fully saturated rings. The van der Waals surface area contributed by atoms with Crippen LogP contribution in [-0.4, -0.2) is 0 Å². The molecule has 0 radical (unpaired) electrons. The molecule has 8 heavy (non-hydrogen) atoms. The van der Waals surface area contributed by atoms with E-state index in [1.165, 1.54) is 0 Å². The summed E-state index contributed by atoms with van der Waals surface area (Å²) in [6.07, 6.45) is 2.46. The molecule has 1 aromatic heterocycles. The summed E-state index contributed by atoms with van der Waals surface area (Å²) in [4.78, 5) is 0. The Kier molecular flexibility index (Phi) is 1.16. The zero-order valence-electron chi connectivity index (χ0n) is 4.59. The predicted molar refractivity (Wildman–Crippen MR) is 29.0 cm³/mol. The van der Waals surface area contributed by atoms with Gasteiger partial charge in [0.25, 0.3) is 0 Å². The van der Waals surface area contributed by atoms with Crippen molar-refractivity contribution in [3.05, 3.63) is 35.3 Å². The minimum atomic E-state index is 0.674. The average Bonchev–Trinajstić information content (AvgIpc) is 1.77. The van der Waals surface area contributed by atoms with Gasteiger partial charge in [-0.1, -0.05) is 0 Å². The maximum absolute atomic E-state index is 10.5. The van der Waals surface area contributed by atoms with Crippen molar-refractivity contribution in [2.24, 2.45) is 0 Å². The fraction of sp³-hybridized carbons (Fsp3) is 0.167. The fourth-order valence-corrected chi connectivity index (χ4v) is 0.468. The standard InChI is InChI=1S/C6H6NO/c1-6-4-2-3-5-7(6)8/h2-4H,1H3/q-1. The summed E-state index contributed by atoms with van der Waals surface area (Å²) in [5.41, 5.74) is 0.674. The van der Waals surface area contributed by atoms with E-state index >= 15 is 0 Å². The first-order chi connectivity index (χ1) is 3.80. The topological polar surface area (TPSA) is 26.9 Å². The van der Waals surface area contributed by atoms with Crippen LogP contribution in [0.2, 0.25) is 0 Å². The van der Waals surface area contributed by atoms with Gasteiger partial charge in [0.05, 0.1) is 5.69 Å². The van der Waals surface area contributed by atoms with Gasteiger partial charge in [-0.2, -0.15) is 6.07 Å². The monoisotopic (exact) mass is 108 g/mol. The predicted octanol–water partition coefficient (Wildman–Crippen LogP) is 0.429. The third kappa shape index (κ3) is 0.780. The van der Waals surface area contributed by atoms with Crippen molar-refractivity contribution in [1.82, 2.24) is 0 Å². The van der Waals surface area contributed by atoms with Crippen LogP contribution in [0.5, 0.6) is 0 Å². The number of pyridine rings is 1. The molecule has 0 N–H and O–H groups in total. The molecule has 0 aromatic carbocycles. The van der Waals surface area contributed by atoms with Crippen molar-refractivity contribution in [2.75, 3.05) is 0 Å². The van der Waals surface area contributed by atoms with Crippen molar-refractivity contribution in [3.63, 3.8) is 0 Å². The molecule has 1 aromatic rings. The summed E-state index contributed by atoms with van der Waals surface area (Å²) in [5, 5.41) is 10.5. The van der Waals surface area contributed by atoms with Crippen LogP contribution in [0.3, 0.4) is 0 Å². The lowest BCUT2D eigenvalue weighted by Gasteiger charge is -2.03. The highest BCUT2D eigenvalue weighted by Crippen LogP contribution is 1.83. The van der Waals surface area contributed by atoms with Crippen LogP contribution in [0.15, 0.2) is 18.2 Å². The van der Waals surface area contributed by atoms with Gasteiger partial charge in [0.1, 0.15) is 6.20 Å². The molecular formula is C6H6NO-. The van der Waals surface area contributed by atoms with Crippen molar-refractivity contribution in [1.29, 1.82) is 0 Å². The Morgan fingerprint density at radius 2 is 2.50 bits per heavy atom. The van der Waals surface area contributed by atoms with Crippen LogP contribution in [0, 0.1) is 18.3 Å². The molecule has 0 aliphatic carbocycles. The normalized spacial score (nSPS) is 9.12. The van der Waals surface area contributed by atoms with E-state index in [0.717, 1.165) is 0 Å². The van der Waals surface area contributed by atoms with E-state index in [1.54, 1.807) is 25.1 Å². The molecule has 0 atom stereocenters. The molecule has 0 saturated heterocycles. The molecule has 0 aliphatic heterocycles. The summed E-state index contributed by atoms with van der Waals surface area (Å²) in [6, 6.07) is 5.10. The van der Waals surface area contributed by atoms with Crippen LogP contribution >= 0.6 is 0 Å². The summed E-state index contributed by atoms with van der Waals surface area (Å²) < 4.78 is 0.708. The van der Waals surface area contributed by atoms with Crippen molar-refractivity contribution < 1.29 is 4.73 Å². The number of hydrogen-bond acceptors (Lipinski definition) is 1. The third-order valence-corrected chi connectivity index (χ3v) is 0.946. The first-order valence-electron chi connectivity index (χ1n) is 2.37. The van der Waals surface area contributed by atoms with E-state index < -0.39 is 0 Å². The van der Waals surface area contributed by atoms with E-state index in [2.05, 4.69) is 6.20 Å². The fourth-order valence-electron chi connectivity index (χ4n) is 0.468. The van der Waals surface area contributed by atoms with Crippen LogP contribution in [-0.2, 0) is 0 Å². The second-order valence-corrected chi connectivity index (χ2v) is 1.59. The Bertz CT molecular complexity index is 165. The summed E-state index contributed by atoms with van der Waals surface area (Å²) in [6.45, 7) is 1.74. The Morgan fingerprint density at radius 1 is 1.75 bits per heavy atom. The molecule has 0 bridgehead atoms. The molecule has 0 unspecified atom stereocenters. The molecule has 0 saturated carbocycles. The molecule has 0 amide bonds. The average molecular weight is 108 g/mol. The van der Waals surface area contributed by atoms with Crippen molar-refractivity contribution in [2.45, 2.75) is 6.92 Å². The quantitative estimate of drug-likeness (QED) is 0.269. The zero-order valence-corrected chi connectivity index (χ0v) is 4.59. The van der Waals surface area contributed by atoms with E-state index in [1.807, 2.05) is 0 Å². The van der Waals surface area contributed by atoms with Crippen LogP contribution in [0.25, 0.3) is 0 Å². The SMILES string of the molecule is Cc1ccc[c-][n+]1[O-]. The van der Waals surface area contributed by atoms with Gasteiger partial charge in [0.15, 0.2) is 0 Å². The van der Waals surface area contributed by atoms with Gasteiger partial charge >= 0.3 is 0 Å². The highest BCUT2D eigenvalue weighted by Gasteiger charge is 1.79. The Labute approximate surface area is 48.0 Å². The summed E-state index contributed by atoms with van der Waals surface area (Å²) >= 11 is 0. The molecule has 42 valence electrons. The van der Waals surface area contributed by atoms with E-state index in [9.17, 15) is 5.21 Å². The number of hydrogen-bond donors (Lipinski definition) is 0. The van der Waals surface area contributed by atoms with Crippen molar-refractivity contribution >= 4 is 0 Å². The van der Waals surface area contributed by atoms with E-state index in [4.69, 9.17) is 0 Å². The number of aromatic nitrogens is 1. The second-order valence-electron chi connectivity index (χ2n) is 1.59. The lowest BCUT2D eigenvalue weighted by Crippen LogP contribution is -2.28. The summed E-state index contributed by atoms with van der Waals surface area (Å²) in [5.74, 6) is 0. The number of rotatable bonds is 0.